The van der Waals surface area contributed by atoms with E-state index in [4.69, 9.17) is 21.3 Å². The van der Waals surface area contributed by atoms with Crippen molar-refractivity contribution in [1.29, 1.82) is 5.26 Å². The van der Waals surface area contributed by atoms with Crippen molar-refractivity contribution >= 4 is 34.7 Å². The van der Waals surface area contributed by atoms with E-state index in [1.165, 1.54) is 0 Å². The molecule has 1 amide bonds. The molecule has 1 aliphatic heterocycles. The van der Waals surface area contributed by atoms with Crippen molar-refractivity contribution in [3.63, 3.8) is 0 Å². The van der Waals surface area contributed by atoms with E-state index in [9.17, 15) is 10.1 Å². The molecule has 0 bridgehead atoms. The molecule has 3 heterocycles. The third-order valence-corrected chi connectivity index (χ3v) is 6.10. The van der Waals surface area contributed by atoms with Crippen LogP contribution in [0.15, 0.2) is 24.4 Å². The first-order chi connectivity index (χ1) is 15.5. The number of ether oxygens (including phenoxy) is 1. The first-order valence-electron chi connectivity index (χ1n) is 10.9. The number of amides is 1. The van der Waals surface area contributed by atoms with E-state index in [2.05, 4.69) is 21.3 Å². The quantitative estimate of drug-likeness (QED) is 0.637. The number of halogens is 1. The molecule has 1 saturated heterocycles. The van der Waals surface area contributed by atoms with Crippen molar-refractivity contribution < 1.29 is 9.53 Å². The number of aromatic nitrogens is 2. The standard InChI is InChI=1S/C23H27ClN6O2/c1-15-14-29(8-9-30(15)21(31)6-10-32-2)23-17(13-25)11-19(22(28-23)16-3-4-16)27-18-5-7-26-20(24)12-18/h5,7,11-12,15-16H,3-4,6,8-10,14H2,1-2H3,(H,26,27)/t15-/m1/s1. The Kier molecular flexibility index (Phi) is 6.77. The van der Waals surface area contributed by atoms with Gasteiger partial charge in [-0.05, 0) is 38.0 Å². The average Bonchev–Trinajstić information content (AvgIpc) is 3.62. The molecule has 1 saturated carbocycles. The minimum absolute atomic E-state index is 0.0302. The predicted molar refractivity (Wildman–Crippen MR) is 123 cm³/mol. The molecule has 4 rings (SSSR count). The van der Waals surface area contributed by atoms with Crippen LogP contribution < -0.4 is 10.2 Å². The predicted octanol–water partition coefficient (Wildman–Crippen LogP) is 3.70. The maximum absolute atomic E-state index is 12.5. The summed E-state index contributed by atoms with van der Waals surface area (Å²) in [6, 6.07) is 7.81. The van der Waals surface area contributed by atoms with Gasteiger partial charge in [0, 0.05) is 50.6 Å². The largest absolute Gasteiger partial charge is 0.384 e. The van der Waals surface area contributed by atoms with Crippen molar-refractivity contribution in [2.24, 2.45) is 0 Å². The van der Waals surface area contributed by atoms with Crippen LogP contribution in [0.5, 0.6) is 0 Å². The van der Waals surface area contributed by atoms with Crippen LogP contribution in [0.2, 0.25) is 5.15 Å². The van der Waals surface area contributed by atoms with Gasteiger partial charge in [0.1, 0.15) is 17.0 Å². The molecule has 2 aromatic rings. The molecule has 1 atom stereocenters. The Hall–Kier alpha value is -2.89. The number of rotatable bonds is 7. The lowest BCUT2D eigenvalue weighted by Crippen LogP contribution is -2.54. The van der Waals surface area contributed by atoms with Crippen molar-refractivity contribution in [2.75, 3.05) is 43.6 Å². The Balaban J connectivity index is 1.58. The minimum Gasteiger partial charge on any atom is -0.384 e. The first kappa shape index (κ1) is 22.3. The van der Waals surface area contributed by atoms with Crippen molar-refractivity contribution in [3.8, 4) is 6.07 Å². The summed E-state index contributed by atoms with van der Waals surface area (Å²) in [7, 11) is 1.60. The lowest BCUT2D eigenvalue weighted by atomic mass is 10.1. The summed E-state index contributed by atoms with van der Waals surface area (Å²) in [6.45, 7) is 4.34. The number of nitriles is 1. The minimum atomic E-state index is 0.0302. The summed E-state index contributed by atoms with van der Waals surface area (Å²) < 4.78 is 5.04. The third kappa shape index (κ3) is 4.95. The number of hydrogen-bond donors (Lipinski definition) is 1. The zero-order valence-corrected chi connectivity index (χ0v) is 19.1. The maximum atomic E-state index is 12.5. The lowest BCUT2D eigenvalue weighted by molar-refractivity contribution is -0.134. The van der Waals surface area contributed by atoms with Crippen molar-refractivity contribution in [2.45, 2.75) is 38.1 Å². The topological polar surface area (TPSA) is 94.4 Å². The summed E-state index contributed by atoms with van der Waals surface area (Å²) in [5.74, 6) is 1.18. The fraction of sp³-hybridized carbons (Fsp3) is 0.478. The summed E-state index contributed by atoms with van der Waals surface area (Å²) in [4.78, 5) is 25.5. The Morgan fingerprint density at radius 2 is 2.19 bits per heavy atom. The maximum Gasteiger partial charge on any atom is 0.225 e. The Labute approximate surface area is 193 Å². The lowest BCUT2D eigenvalue weighted by Gasteiger charge is -2.41. The van der Waals surface area contributed by atoms with Crippen LogP contribution in [-0.2, 0) is 9.53 Å². The highest BCUT2D eigenvalue weighted by Gasteiger charge is 2.33. The number of piperazine rings is 1. The molecule has 0 unspecified atom stereocenters. The van der Waals surface area contributed by atoms with Gasteiger partial charge in [0.2, 0.25) is 5.91 Å². The Morgan fingerprint density at radius 1 is 1.38 bits per heavy atom. The molecule has 8 nitrogen and oxygen atoms in total. The Bertz CT molecular complexity index is 1040. The smallest absolute Gasteiger partial charge is 0.225 e. The van der Waals surface area contributed by atoms with E-state index in [0.29, 0.717) is 55.1 Å². The van der Waals surface area contributed by atoms with Crippen molar-refractivity contribution in [1.82, 2.24) is 14.9 Å². The number of carbonyl (C=O) groups excluding carboxylic acids is 1. The van der Waals surface area contributed by atoms with Gasteiger partial charge >= 0.3 is 0 Å². The van der Waals surface area contributed by atoms with Crippen LogP contribution in [0.4, 0.5) is 17.2 Å². The number of anilines is 3. The number of nitrogens with one attached hydrogen (secondary N) is 1. The molecule has 2 fully saturated rings. The fourth-order valence-corrected chi connectivity index (χ4v) is 4.27. The molecule has 0 spiro atoms. The molecule has 0 radical (unpaired) electrons. The van der Waals surface area contributed by atoms with Crippen LogP contribution in [0.3, 0.4) is 0 Å². The van der Waals surface area contributed by atoms with Crippen LogP contribution in [0, 0.1) is 11.3 Å². The normalized spacial score (nSPS) is 18.4. The molecule has 0 aromatic carbocycles. The number of hydrogen-bond acceptors (Lipinski definition) is 7. The van der Waals surface area contributed by atoms with Crippen LogP contribution >= 0.6 is 11.6 Å². The molecule has 2 aromatic heterocycles. The molecule has 9 heteroatoms. The van der Waals surface area contributed by atoms with Gasteiger partial charge in [0.25, 0.3) is 0 Å². The fourth-order valence-electron chi connectivity index (χ4n) is 4.10. The van der Waals surface area contributed by atoms with Crippen LogP contribution in [0.25, 0.3) is 0 Å². The van der Waals surface area contributed by atoms with Gasteiger partial charge in [0.15, 0.2) is 0 Å². The van der Waals surface area contributed by atoms with E-state index < -0.39 is 0 Å². The molecule has 1 aliphatic carbocycles. The SMILES string of the molecule is COCCC(=O)N1CCN(c2nc(C3CC3)c(Nc3ccnc(Cl)c3)cc2C#N)C[C@H]1C. The van der Waals surface area contributed by atoms with Gasteiger partial charge in [-0.3, -0.25) is 4.79 Å². The van der Waals surface area contributed by atoms with Gasteiger partial charge in [-0.15, -0.1) is 0 Å². The van der Waals surface area contributed by atoms with Gasteiger partial charge in [-0.1, -0.05) is 11.6 Å². The number of carbonyl (C=O) groups is 1. The molecule has 32 heavy (non-hydrogen) atoms. The van der Waals surface area contributed by atoms with Gasteiger partial charge in [0.05, 0.1) is 30.0 Å². The van der Waals surface area contributed by atoms with E-state index in [1.54, 1.807) is 19.4 Å². The zero-order chi connectivity index (χ0) is 22.7. The van der Waals surface area contributed by atoms with E-state index in [-0.39, 0.29) is 11.9 Å². The molecular weight excluding hydrogens is 428 g/mol. The average molecular weight is 455 g/mol. The van der Waals surface area contributed by atoms with E-state index >= 15 is 0 Å². The second-order valence-electron chi connectivity index (χ2n) is 8.30. The van der Waals surface area contributed by atoms with E-state index in [1.807, 2.05) is 24.0 Å². The van der Waals surface area contributed by atoms with Gasteiger partial charge in [-0.25, -0.2) is 9.97 Å². The Morgan fingerprint density at radius 3 is 2.84 bits per heavy atom. The van der Waals surface area contributed by atoms with Crippen LogP contribution in [-0.4, -0.2) is 60.2 Å². The van der Waals surface area contributed by atoms with Crippen molar-refractivity contribution in [3.05, 3.63) is 40.8 Å². The summed E-state index contributed by atoms with van der Waals surface area (Å²) >= 11 is 6.03. The second-order valence-corrected chi connectivity index (χ2v) is 8.68. The summed E-state index contributed by atoms with van der Waals surface area (Å²) in [5, 5.41) is 13.6. The highest BCUT2D eigenvalue weighted by atomic mass is 35.5. The zero-order valence-electron chi connectivity index (χ0n) is 18.3. The monoisotopic (exact) mass is 454 g/mol. The number of nitrogens with zero attached hydrogens (tertiary/aromatic N) is 5. The second kappa shape index (κ2) is 9.72. The molecule has 2 aliphatic rings. The molecule has 168 valence electrons. The summed E-state index contributed by atoms with van der Waals surface area (Å²) in [6.07, 6.45) is 4.20. The van der Waals surface area contributed by atoms with E-state index in [0.717, 1.165) is 29.9 Å². The number of methoxy groups -OCH3 is 1. The third-order valence-electron chi connectivity index (χ3n) is 5.89. The highest BCUT2D eigenvalue weighted by Crippen LogP contribution is 2.44. The van der Waals surface area contributed by atoms with Crippen LogP contribution in [0.1, 0.15) is 43.4 Å². The van der Waals surface area contributed by atoms with Gasteiger partial charge in [-0.2, -0.15) is 5.26 Å². The molecule has 1 N–H and O–H groups in total. The highest BCUT2D eigenvalue weighted by molar-refractivity contribution is 6.29. The first-order valence-corrected chi connectivity index (χ1v) is 11.2. The summed E-state index contributed by atoms with van der Waals surface area (Å²) in [5.41, 5.74) is 3.13. The van der Waals surface area contributed by atoms with Gasteiger partial charge < -0.3 is 19.9 Å². The number of pyridine rings is 2. The molecular formula is C23H27ClN6O2.